The van der Waals surface area contributed by atoms with Crippen molar-refractivity contribution in [1.29, 1.82) is 0 Å². The lowest BCUT2D eigenvalue weighted by Gasteiger charge is -2.32. The molecule has 3 heterocycles. The van der Waals surface area contributed by atoms with Crippen LogP contribution in [0.3, 0.4) is 0 Å². The smallest absolute Gasteiger partial charge is 0.327 e. The van der Waals surface area contributed by atoms with Crippen LogP contribution in [-0.4, -0.2) is 40.3 Å². The fraction of sp³-hybridized carbons (Fsp3) is 0.250. The van der Waals surface area contributed by atoms with Crippen molar-refractivity contribution >= 4 is 11.9 Å². The lowest BCUT2D eigenvalue weighted by molar-refractivity contribution is -0.138. The number of nitrogens with zero attached hydrogens (tertiary/aromatic N) is 3. The minimum atomic E-state index is -4.61. The second-order valence-corrected chi connectivity index (χ2v) is 6.87. The molecule has 3 amide bonds. The van der Waals surface area contributed by atoms with E-state index in [2.05, 4.69) is 10.3 Å². The molecule has 0 saturated heterocycles. The van der Waals surface area contributed by atoms with E-state index >= 15 is 0 Å². The van der Waals surface area contributed by atoms with Crippen LogP contribution in [0.5, 0.6) is 0 Å². The Morgan fingerprint density at radius 1 is 1.14 bits per heavy atom. The van der Waals surface area contributed by atoms with Gasteiger partial charge in [-0.3, -0.25) is 14.7 Å². The third-order valence-electron chi connectivity index (χ3n) is 5.09. The first-order valence-electron chi connectivity index (χ1n) is 8.90. The summed E-state index contributed by atoms with van der Waals surface area (Å²) < 4.78 is 40.6. The minimum absolute atomic E-state index is 0.124. The standard InChI is InChI=1S/C20H17F3N4O2/c1-26-15-11-27(10-12-6-4-5-9-24-12)18(28)16(15)17(25-19(26)29)13-7-2-3-8-14(13)20(21,22)23/h2-9,17H,10-11H2,1H3,(H,25,29). The summed E-state index contributed by atoms with van der Waals surface area (Å²) in [5, 5.41) is 2.55. The Bertz CT molecular complexity index is 1000. The largest absolute Gasteiger partial charge is 0.416 e. The zero-order valence-electron chi connectivity index (χ0n) is 15.4. The van der Waals surface area contributed by atoms with Crippen LogP contribution in [0.25, 0.3) is 0 Å². The molecule has 9 heteroatoms. The molecule has 1 N–H and O–H groups in total. The van der Waals surface area contributed by atoms with Crippen molar-refractivity contribution in [3.05, 3.63) is 76.8 Å². The second-order valence-electron chi connectivity index (χ2n) is 6.87. The third-order valence-corrected chi connectivity index (χ3v) is 5.09. The van der Waals surface area contributed by atoms with Crippen molar-refractivity contribution in [3.8, 4) is 0 Å². The molecular weight excluding hydrogens is 385 g/mol. The molecule has 2 aromatic rings. The van der Waals surface area contributed by atoms with Gasteiger partial charge in [-0.15, -0.1) is 0 Å². The lowest BCUT2D eigenvalue weighted by Crippen LogP contribution is -2.45. The van der Waals surface area contributed by atoms with Crippen LogP contribution in [-0.2, 0) is 17.5 Å². The fourth-order valence-electron chi connectivity index (χ4n) is 3.68. The molecule has 0 saturated carbocycles. The average molecular weight is 402 g/mol. The van der Waals surface area contributed by atoms with Gasteiger partial charge in [-0.05, 0) is 23.8 Å². The Labute approximate surface area is 164 Å². The fourth-order valence-corrected chi connectivity index (χ4v) is 3.68. The van der Waals surface area contributed by atoms with E-state index in [1.807, 2.05) is 0 Å². The number of likely N-dealkylation sites (N-methyl/N-ethyl adjacent to an activating group) is 1. The second kappa shape index (κ2) is 6.91. The summed E-state index contributed by atoms with van der Waals surface area (Å²) in [4.78, 5) is 32.5. The Kier molecular flexibility index (Phi) is 4.52. The highest BCUT2D eigenvalue weighted by Gasteiger charge is 2.45. The van der Waals surface area contributed by atoms with Crippen LogP contribution in [0.4, 0.5) is 18.0 Å². The summed E-state index contributed by atoms with van der Waals surface area (Å²) in [6.45, 7) is 0.321. The number of carbonyl (C=O) groups excluding carboxylic acids is 2. The lowest BCUT2D eigenvalue weighted by atomic mass is 9.92. The zero-order chi connectivity index (χ0) is 20.8. The first-order chi connectivity index (χ1) is 13.8. The number of hydrogen-bond acceptors (Lipinski definition) is 3. The SMILES string of the molecule is CN1C(=O)NC(c2ccccc2C(F)(F)F)C2=C1CN(Cc1ccccn1)C2=O. The number of nitrogens with one attached hydrogen (secondary N) is 1. The number of pyridine rings is 1. The summed E-state index contributed by atoms with van der Waals surface area (Å²) in [6.07, 6.45) is -3.01. The zero-order valence-corrected chi connectivity index (χ0v) is 15.4. The summed E-state index contributed by atoms with van der Waals surface area (Å²) in [5.74, 6) is -0.417. The molecular formula is C20H17F3N4O2. The number of alkyl halides is 3. The van der Waals surface area contributed by atoms with E-state index in [4.69, 9.17) is 0 Å². The van der Waals surface area contributed by atoms with Crippen molar-refractivity contribution in [2.45, 2.75) is 18.8 Å². The van der Waals surface area contributed by atoms with Gasteiger partial charge in [-0.2, -0.15) is 13.2 Å². The first-order valence-corrected chi connectivity index (χ1v) is 8.90. The van der Waals surface area contributed by atoms with Gasteiger partial charge in [0.25, 0.3) is 5.91 Å². The van der Waals surface area contributed by atoms with Gasteiger partial charge in [-0.25, -0.2) is 4.79 Å². The maximum absolute atomic E-state index is 13.5. The number of hydrogen-bond donors (Lipinski definition) is 1. The van der Waals surface area contributed by atoms with E-state index in [-0.39, 0.29) is 24.2 Å². The van der Waals surface area contributed by atoms with Gasteiger partial charge in [0.2, 0.25) is 0 Å². The van der Waals surface area contributed by atoms with Gasteiger partial charge in [0.05, 0.1) is 41.7 Å². The number of urea groups is 1. The van der Waals surface area contributed by atoms with Gasteiger partial charge in [0.1, 0.15) is 0 Å². The van der Waals surface area contributed by atoms with Gasteiger partial charge in [-0.1, -0.05) is 24.3 Å². The van der Waals surface area contributed by atoms with E-state index < -0.39 is 29.7 Å². The predicted octanol–water partition coefficient (Wildman–Crippen LogP) is 3.09. The predicted molar refractivity (Wildman–Crippen MR) is 97.2 cm³/mol. The first kappa shape index (κ1) is 19.0. The molecule has 1 aromatic heterocycles. The van der Waals surface area contributed by atoms with Crippen LogP contribution in [0.1, 0.15) is 22.9 Å². The normalized spacial score (nSPS) is 19.5. The average Bonchev–Trinajstić information content (AvgIpc) is 3.01. The maximum Gasteiger partial charge on any atom is 0.416 e. The molecule has 4 rings (SSSR count). The number of rotatable bonds is 3. The van der Waals surface area contributed by atoms with Gasteiger partial charge < -0.3 is 10.2 Å². The van der Waals surface area contributed by atoms with E-state index in [1.165, 1.54) is 35.0 Å². The van der Waals surface area contributed by atoms with Crippen LogP contribution < -0.4 is 5.32 Å². The van der Waals surface area contributed by atoms with Crippen LogP contribution >= 0.6 is 0 Å². The van der Waals surface area contributed by atoms with Crippen molar-refractivity contribution in [2.24, 2.45) is 0 Å². The quantitative estimate of drug-likeness (QED) is 0.858. The Morgan fingerprint density at radius 2 is 1.86 bits per heavy atom. The van der Waals surface area contributed by atoms with Crippen LogP contribution in [0.15, 0.2) is 59.9 Å². The number of amides is 3. The Balaban J connectivity index is 1.74. The van der Waals surface area contributed by atoms with Gasteiger partial charge >= 0.3 is 12.2 Å². The summed E-state index contributed by atoms with van der Waals surface area (Å²) in [5.41, 5.74) is 0.172. The molecule has 0 spiro atoms. The van der Waals surface area contributed by atoms with Crippen LogP contribution in [0, 0.1) is 0 Å². The molecule has 1 aromatic carbocycles. The Hall–Kier alpha value is -3.36. The maximum atomic E-state index is 13.5. The molecule has 0 bridgehead atoms. The monoisotopic (exact) mass is 402 g/mol. The molecule has 2 aliphatic heterocycles. The summed E-state index contributed by atoms with van der Waals surface area (Å²) in [6, 6.07) is 8.54. The third kappa shape index (κ3) is 3.32. The summed E-state index contributed by atoms with van der Waals surface area (Å²) >= 11 is 0. The number of halogens is 3. The summed E-state index contributed by atoms with van der Waals surface area (Å²) in [7, 11) is 1.49. The highest BCUT2D eigenvalue weighted by molar-refractivity contribution is 6.01. The topological polar surface area (TPSA) is 65.5 Å². The van der Waals surface area contributed by atoms with Gasteiger partial charge in [0.15, 0.2) is 0 Å². The van der Waals surface area contributed by atoms with E-state index in [9.17, 15) is 22.8 Å². The van der Waals surface area contributed by atoms with Crippen molar-refractivity contribution in [2.75, 3.05) is 13.6 Å². The van der Waals surface area contributed by atoms with Crippen molar-refractivity contribution in [1.82, 2.24) is 20.1 Å². The van der Waals surface area contributed by atoms with E-state index in [1.54, 1.807) is 24.4 Å². The molecule has 0 aliphatic carbocycles. The number of aromatic nitrogens is 1. The van der Waals surface area contributed by atoms with Crippen LogP contribution in [0.2, 0.25) is 0 Å². The molecule has 1 unspecified atom stereocenters. The van der Waals surface area contributed by atoms with Crippen molar-refractivity contribution < 1.29 is 22.8 Å². The molecule has 0 fully saturated rings. The molecule has 6 nitrogen and oxygen atoms in total. The molecule has 0 radical (unpaired) electrons. The molecule has 2 aliphatic rings. The number of benzene rings is 1. The van der Waals surface area contributed by atoms with Gasteiger partial charge in [0, 0.05) is 13.2 Å². The molecule has 1 atom stereocenters. The van der Waals surface area contributed by atoms with E-state index in [0.717, 1.165) is 6.07 Å². The minimum Gasteiger partial charge on any atom is -0.327 e. The van der Waals surface area contributed by atoms with Crippen molar-refractivity contribution in [3.63, 3.8) is 0 Å². The van der Waals surface area contributed by atoms with E-state index in [0.29, 0.717) is 11.4 Å². The highest BCUT2D eigenvalue weighted by Crippen LogP contribution is 2.41. The highest BCUT2D eigenvalue weighted by atomic mass is 19.4. The molecule has 150 valence electrons. The number of carbonyl (C=O) groups is 2. The molecule has 29 heavy (non-hydrogen) atoms. The Morgan fingerprint density at radius 3 is 2.55 bits per heavy atom.